The molecule has 232 valence electrons. The standard InChI is InChI=1S/C33H44N4O6/c1-7-20-19(6)32(42)37-27(20)14-25-18(5)23(10-12-31(40)41)29(35-25)15-28-22(9-11-30(38)39)17(4)24(34-28)13-26-16(3)21(8-2)33(43)36-26/h13,19-20,27-28,35H,7-12,14-15H2,1-6H3,(H,36,43)(H,37,42)(H,38,39)(H,40,41)/b26-13-/t19-,20-,27?,28?/m1/s1. The number of carbonyl (C=O) groups excluding carboxylic acids is 2. The minimum absolute atomic E-state index is 0.00745. The second-order valence-corrected chi connectivity index (χ2v) is 12.0. The van der Waals surface area contributed by atoms with E-state index in [9.17, 15) is 29.4 Å². The first-order valence-corrected chi connectivity index (χ1v) is 15.3. The van der Waals surface area contributed by atoms with Gasteiger partial charge in [0.05, 0.1) is 11.8 Å². The van der Waals surface area contributed by atoms with E-state index in [1.807, 2.05) is 40.7 Å². The number of hydrogen-bond donors (Lipinski definition) is 5. The van der Waals surface area contributed by atoms with Gasteiger partial charge in [0.2, 0.25) is 5.91 Å². The summed E-state index contributed by atoms with van der Waals surface area (Å²) in [7, 11) is 0. The highest BCUT2D eigenvalue weighted by molar-refractivity contribution is 6.12. The third-order valence-corrected chi connectivity index (χ3v) is 9.54. The molecule has 0 spiro atoms. The van der Waals surface area contributed by atoms with Crippen molar-refractivity contribution in [3.05, 3.63) is 56.6 Å². The lowest BCUT2D eigenvalue weighted by Gasteiger charge is -2.19. The molecular weight excluding hydrogens is 548 g/mol. The van der Waals surface area contributed by atoms with Crippen LogP contribution in [-0.2, 0) is 38.4 Å². The van der Waals surface area contributed by atoms with E-state index >= 15 is 0 Å². The fourth-order valence-electron chi connectivity index (χ4n) is 6.92. The van der Waals surface area contributed by atoms with Crippen LogP contribution in [0.1, 0.15) is 89.2 Å². The summed E-state index contributed by atoms with van der Waals surface area (Å²) < 4.78 is 0. The topological polar surface area (TPSA) is 161 Å². The summed E-state index contributed by atoms with van der Waals surface area (Å²) in [5, 5.41) is 25.0. The minimum Gasteiger partial charge on any atom is -0.481 e. The SMILES string of the molecule is CCC1=C(C)/C(=C/C2=NC(Cc3[nH]c(CC4NC(=O)[C@H](C)[C@H]4CC)c(C)c3CCC(=O)O)C(CCC(=O)O)=C2C)NC1=O. The van der Waals surface area contributed by atoms with Crippen molar-refractivity contribution < 1.29 is 29.4 Å². The maximum absolute atomic E-state index is 12.4. The van der Waals surface area contributed by atoms with Crippen molar-refractivity contribution in [2.24, 2.45) is 16.8 Å². The quantitative estimate of drug-likeness (QED) is 0.229. The summed E-state index contributed by atoms with van der Waals surface area (Å²) in [6.45, 7) is 11.8. The highest BCUT2D eigenvalue weighted by Crippen LogP contribution is 2.34. The third kappa shape index (κ3) is 6.68. The lowest BCUT2D eigenvalue weighted by Crippen LogP contribution is -2.31. The number of H-pyrrole nitrogens is 1. The maximum Gasteiger partial charge on any atom is 0.303 e. The highest BCUT2D eigenvalue weighted by Gasteiger charge is 2.38. The van der Waals surface area contributed by atoms with E-state index in [0.717, 1.165) is 51.2 Å². The number of aromatic amines is 1. The van der Waals surface area contributed by atoms with Crippen LogP contribution < -0.4 is 10.6 Å². The van der Waals surface area contributed by atoms with Crippen LogP contribution in [0.25, 0.3) is 0 Å². The molecule has 1 fully saturated rings. The van der Waals surface area contributed by atoms with E-state index in [1.165, 1.54) is 0 Å². The van der Waals surface area contributed by atoms with Gasteiger partial charge in [0.1, 0.15) is 0 Å². The lowest BCUT2D eigenvalue weighted by molar-refractivity contribution is -0.138. The second kappa shape index (κ2) is 13.1. The van der Waals surface area contributed by atoms with Crippen molar-refractivity contribution in [3.63, 3.8) is 0 Å². The maximum atomic E-state index is 12.4. The Labute approximate surface area is 252 Å². The average molecular weight is 593 g/mol. The number of aliphatic carboxylic acids is 2. The molecule has 1 saturated heterocycles. The molecule has 43 heavy (non-hydrogen) atoms. The Bertz CT molecular complexity index is 1460. The molecule has 0 aliphatic carbocycles. The first kappa shape index (κ1) is 32.0. The zero-order valence-corrected chi connectivity index (χ0v) is 26.0. The van der Waals surface area contributed by atoms with E-state index in [1.54, 1.807) is 0 Å². The smallest absolute Gasteiger partial charge is 0.303 e. The number of amides is 2. The van der Waals surface area contributed by atoms with Crippen molar-refractivity contribution in [2.75, 3.05) is 0 Å². The molecule has 10 nitrogen and oxygen atoms in total. The van der Waals surface area contributed by atoms with Crippen LogP contribution in [0.4, 0.5) is 0 Å². The van der Waals surface area contributed by atoms with E-state index < -0.39 is 11.9 Å². The van der Waals surface area contributed by atoms with Crippen molar-refractivity contribution in [3.8, 4) is 0 Å². The van der Waals surface area contributed by atoms with Gasteiger partial charge >= 0.3 is 11.9 Å². The predicted octanol–water partition coefficient (Wildman–Crippen LogP) is 4.33. The van der Waals surface area contributed by atoms with Crippen LogP contribution in [0, 0.1) is 18.8 Å². The molecule has 3 aliphatic rings. The van der Waals surface area contributed by atoms with Crippen LogP contribution in [0.15, 0.2) is 39.1 Å². The fraction of sp³-hybridized carbons (Fsp3) is 0.545. The number of aromatic nitrogens is 1. The Kier molecular flexibility index (Phi) is 9.77. The summed E-state index contributed by atoms with van der Waals surface area (Å²) in [6.07, 6.45) is 5.10. The first-order chi connectivity index (χ1) is 20.4. The number of hydrogen-bond acceptors (Lipinski definition) is 5. The predicted molar refractivity (Wildman–Crippen MR) is 164 cm³/mol. The molecule has 1 aromatic rings. The van der Waals surface area contributed by atoms with Crippen LogP contribution >= 0.6 is 0 Å². The van der Waals surface area contributed by atoms with E-state index in [4.69, 9.17) is 4.99 Å². The lowest BCUT2D eigenvalue weighted by atomic mass is 9.86. The summed E-state index contributed by atoms with van der Waals surface area (Å²) in [5.74, 6) is -1.66. The zero-order valence-electron chi connectivity index (χ0n) is 26.0. The highest BCUT2D eigenvalue weighted by atomic mass is 16.4. The Balaban J connectivity index is 1.69. The van der Waals surface area contributed by atoms with Gasteiger partial charge in [0, 0.05) is 60.3 Å². The van der Waals surface area contributed by atoms with Gasteiger partial charge in [-0.25, -0.2) is 0 Å². The Morgan fingerprint density at radius 1 is 0.953 bits per heavy atom. The monoisotopic (exact) mass is 592 g/mol. The molecular formula is C33H44N4O6. The number of carbonyl (C=O) groups is 4. The molecule has 3 aliphatic heterocycles. The molecule has 5 N–H and O–H groups in total. The number of allylic oxidation sites excluding steroid dienone is 3. The zero-order chi connectivity index (χ0) is 31.6. The van der Waals surface area contributed by atoms with Crippen molar-refractivity contribution in [1.82, 2.24) is 15.6 Å². The number of carboxylic acids is 2. The van der Waals surface area contributed by atoms with Crippen LogP contribution in [0.5, 0.6) is 0 Å². The van der Waals surface area contributed by atoms with Crippen molar-refractivity contribution in [2.45, 2.75) is 105 Å². The van der Waals surface area contributed by atoms with E-state index in [2.05, 4.69) is 22.5 Å². The molecule has 0 radical (unpaired) electrons. The van der Waals surface area contributed by atoms with Gasteiger partial charge in [-0.15, -0.1) is 0 Å². The van der Waals surface area contributed by atoms with Gasteiger partial charge in [-0.2, -0.15) is 0 Å². The van der Waals surface area contributed by atoms with Gasteiger partial charge in [-0.05, 0) is 79.9 Å². The largest absolute Gasteiger partial charge is 0.481 e. The van der Waals surface area contributed by atoms with E-state index in [0.29, 0.717) is 43.5 Å². The van der Waals surface area contributed by atoms with Crippen LogP contribution in [-0.4, -0.2) is 56.7 Å². The van der Waals surface area contributed by atoms with Crippen LogP contribution in [0.3, 0.4) is 0 Å². The molecule has 1 aromatic heterocycles. The van der Waals surface area contributed by atoms with Gasteiger partial charge in [-0.1, -0.05) is 27.2 Å². The van der Waals surface area contributed by atoms with E-state index in [-0.39, 0.29) is 48.6 Å². The Morgan fingerprint density at radius 3 is 2.23 bits per heavy atom. The number of nitrogens with one attached hydrogen (secondary N) is 3. The molecule has 2 unspecified atom stereocenters. The second-order valence-electron chi connectivity index (χ2n) is 12.0. The fourth-order valence-corrected chi connectivity index (χ4v) is 6.92. The number of aliphatic imine (C=N–C) groups is 1. The summed E-state index contributed by atoms with van der Waals surface area (Å²) in [4.78, 5) is 56.5. The van der Waals surface area contributed by atoms with Crippen LogP contribution in [0.2, 0.25) is 0 Å². The molecule has 4 rings (SSSR count). The molecule has 0 saturated carbocycles. The molecule has 4 atom stereocenters. The molecule has 0 aromatic carbocycles. The third-order valence-electron chi connectivity index (χ3n) is 9.54. The molecule has 10 heteroatoms. The molecule has 0 bridgehead atoms. The summed E-state index contributed by atoms with van der Waals surface area (Å²) >= 11 is 0. The van der Waals surface area contributed by atoms with Gasteiger partial charge in [0.25, 0.3) is 5.91 Å². The van der Waals surface area contributed by atoms with Gasteiger partial charge < -0.3 is 25.8 Å². The normalized spacial score (nSPS) is 24.7. The number of nitrogens with zero attached hydrogens (tertiary/aromatic N) is 1. The summed E-state index contributed by atoms with van der Waals surface area (Å²) in [6, 6.07) is -0.339. The minimum atomic E-state index is -0.890. The Morgan fingerprint density at radius 2 is 1.63 bits per heavy atom. The van der Waals surface area contributed by atoms with Gasteiger partial charge in [-0.3, -0.25) is 24.2 Å². The average Bonchev–Trinajstić information content (AvgIpc) is 3.59. The molecule has 2 amide bonds. The Hall–Kier alpha value is -3.95. The molecule has 4 heterocycles. The van der Waals surface area contributed by atoms with Crippen molar-refractivity contribution in [1.29, 1.82) is 0 Å². The van der Waals surface area contributed by atoms with Crippen molar-refractivity contribution >= 4 is 29.5 Å². The number of carboxylic acid groups (broad SMARTS) is 2. The number of rotatable bonds is 13. The van der Waals surface area contributed by atoms with Gasteiger partial charge in [0.15, 0.2) is 0 Å². The first-order valence-electron chi connectivity index (χ1n) is 15.3. The summed E-state index contributed by atoms with van der Waals surface area (Å²) in [5.41, 5.74) is 8.67.